The van der Waals surface area contributed by atoms with Gasteiger partial charge in [-0.3, -0.25) is 9.63 Å². The molecule has 0 aromatic heterocycles. The Bertz CT molecular complexity index is 500. The lowest BCUT2D eigenvalue weighted by Crippen LogP contribution is -2.36. The lowest BCUT2D eigenvalue weighted by atomic mass is 10.1. The molecule has 0 radical (unpaired) electrons. The van der Waals surface area contributed by atoms with Gasteiger partial charge in [0, 0.05) is 6.42 Å². The van der Waals surface area contributed by atoms with Crippen molar-refractivity contribution in [3.8, 4) is 0 Å². The molecule has 0 bridgehead atoms. The minimum atomic E-state index is -1.17. The number of carboxylic acid groups (broad SMARTS) is 1. The van der Waals surface area contributed by atoms with Crippen LogP contribution >= 0.6 is 0 Å². The van der Waals surface area contributed by atoms with Crippen LogP contribution < -0.4 is 5.48 Å². The maximum Gasteiger partial charge on any atom is 0.332 e. The third-order valence-corrected chi connectivity index (χ3v) is 2.44. The average Bonchev–Trinajstić information content (AvgIpc) is 2.89. The molecular weight excluding hydrogens is 252 g/mol. The number of nitrogens with zero attached hydrogens (tertiary/aromatic N) is 1. The number of oxime groups is 1. The van der Waals surface area contributed by atoms with Crippen LogP contribution in [0.5, 0.6) is 0 Å². The van der Waals surface area contributed by atoms with E-state index in [9.17, 15) is 9.59 Å². The Kier molecular flexibility index (Phi) is 4.09. The number of benzene rings is 1. The number of rotatable bonds is 5. The molecule has 1 unspecified atom stereocenters. The van der Waals surface area contributed by atoms with E-state index in [1.54, 1.807) is 0 Å². The molecule has 0 spiro atoms. The van der Waals surface area contributed by atoms with E-state index in [2.05, 4.69) is 9.99 Å². The van der Waals surface area contributed by atoms with E-state index in [4.69, 9.17) is 9.94 Å². The standard InChI is InChI=1S/C12H12N2O5/c15-11(16)7-18-14-12(17)10-6-9(13-19-10)8-4-2-1-3-5-8/h1-5,10H,6-7H2,(H,14,17)(H,15,16). The van der Waals surface area contributed by atoms with Gasteiger partial charge in [-0.15, -0.1) is 0 Å². The van der Waals surface area contributed by atoms with Gasteiger partial charge in [0.15, 0.2) is 6.61 Å². The minimum absolute atomic E-state index is 0.312. The minimum Gasteiger partial charge on any atom is -0.479 e. The van der Waals surface area contributed by atoms with E-state index in [1.807, 2.05) is 35.8 Å². The first-order valence-electron chi connectivity index (χ1n) is 5.58. The van der Waals surface area contributed by atoms with Crippen LogP contribution in [0.15, 0.2) is 35.5 Å². The van der Waals surface area contributed by atoms with Gasteiger partial charge in [0.1, 0.15) is 0 Å². The van der Waals surface area contributed by atoms with Gasteiger partial charge in [-0.05, 0) is 5.56 Å². The number of nitrogens with one attached hydrogen (secondary N) is 1. The fraction of sp³-hybridized carbons (Fsp3) is 0.250. The number of hydroxylamine groups is 1. The molecule has 1 aromatic rings. The topological polar surface area (TPSA) is 97.2 Å². The Balaban J connectivity index is 1.84. The fourth-order valence-electron chi connectivity index (χ4n) is 1.55. The third-order valence-electron chi connectivity index (χ3n) is 2.44. The zero-order valence-electron chi connectivity index (χ0n) is 9.91. The molecule has 2 N–H and O–H groups in total. The molecule has 1 aliphatic heterocycles. The Hall–Kier alpha value is -2.41. The molecular formula is C12H12N2O5. The van der Waals surface area contributed by atoms with Crippen LogP contribution in [0.3, 0.4) is 0 Å². The van der Waals surface area contributed by atoms with Crippen molar-refractivity contribution in [2.24, 2.45) is 5.16 Å². The summed E-state index contributed by atoms with van der Waals surface area (Å²) in [5.41, 5.74) is 3.55. The number of hydrogen-bond acceptors (Lipinski definition) is 5. The zero-order valence-corrected chi connectivity index (χ0v) is 9.91. The predicted molar refractivity (Wildman–Crippen MR) is 64.2 cm³/mol. The molecule has 7 nitrogen and oxygen atoms in total. The predicted octanol–water partition coefficient (Wildman–Crippen LogP) is 0.312. The molecule has 1 aromatic carbocycles. The van der Waals surface area contributed by atoms with Gasteiger partial charge >= 0.3 is 5.97 Å². The van der Waals surface area contributed by atoms with Crippen LogP contribution in [0.4, 0.5) is 0 Å². The highest BCUT2D eigenvalue weighted by Gasteiger charge is 2.29. The quantitative estimate of drug-likeness (QED) is 0.746. The van der Waals surface area contributed by atoms with Crippen molar-refractivity contribution < 1.29 is 24.4 Å². The van der Waals surface area contributed by atoms with Gasteiger partial charge in [0.05, 0.1) is 5.71 Å². The summed E-state index contributed by atoms with van der Waals surface area (Å²) in [5, 5.41) is 12.2. The first-order chi connectivity index (χ1) is 9.16. The SMILES string of the molecule is O=C(O)CONC(=O)C1CC(c2ccccc2)=NO1. The molecule has 1 aliphatic rings. The second kappa shape index (κ2) is 5.96. The molecule has 100 valence electrons. The number of carbonyl (C=O) groups is 2. The maximum absolute atomic E-state index is 11.6. The second-order valence-electron chi connectivity index (χ2n) is 3.85. The maximum atomic E-state index is 11.6. The van der Waals surface area contributed by atoms with Crippen molar-refractivity contribution in [3.63, 3.8) is 0 Å². The van der Waals surface area contributed by atoms with Gasteiger partial charge in [0.2, 0.25) is 6.10 Å². The largest absolute Gasteiger partial charge is 0.479 e. The van der Waals surface area contributed by atoms with Crippen molar-refractivity contribution >= 4 is 17.6 Å². The Morgan fingerprint density at radius 3 is 2.84 bits per heavy atom. The monoisotopic (exact) mass is 264 g/mol. The number of carbonyl (C=O) groups excluding carboxylic acids is 1. The first kappa shape index (κ1) is 13.0. The molecule has 1 heterocycles. The van der Waals surface area contributed by atoms with Crippen molar-refractivity contribution in [2.75, 3.05) is 6.61 Å². The van der Waals surface area contributed by atoms with Crippen molar-refractivity contribution in [2.45, 2.75) is 12.5 Å². The van der Waals surface area contributed by atoms with E-state index in [0.29, 0.717) is 12.1 Å². The van der Waals surface area contributed by atoms with Crippen LogP contribution in [0, 0.1) is 0 Å². The summed E-state index contributed by atoms with van der Waals surface area (Å²) in [6, 6.07) is 9.33. The summed E-state index contributed by atoms with van der Waals surface area (Å²) in [5.74, 6) is -1.73. The van der Waals surface area contributed by atoms with E-state index < -0.39 is 24.6 Å². The molecule has 1 atom stereocenters. The summed E-state index contributed by atoms with van der Waals surface area (Å²) in [7, 11) is 0. The Morgan fingerprint density at radius 1 is 1.42 bits per heavy atom. The Morgan fingerprint density at radius 2 is 2.16 bits per heavy atom. The lowest BCUT2D eigenvalue weighted by molar-refractivity contribution is -0.153. The van der Waals surface area contributed by atoms with Crippen LogP contribution in [-0.2, 0) is 19.3 Å². The third kappa shape index (κ3) is 3.52. The summed E-state index contributed by atoms with van der Waals surface area (Å²) >= 11 is 0. The van der Waals surface area contributed by atoms with E-state index in [-0.39, 0.29) is 0 Å². The summed E-state index contributed by atoms with van der Waals surface area (Å²) in [6.07, 6.45) is -0.490. The molecule has 19 heavy (non-hydrogen) atoms. The lowest BCUT2D eigenvalue weighted by Gasteiger charge is -2.08. The molecule has 1 amide bonds. The number of carboxylic acids is 1. The van der Waals surface area contributed by atoms with E-state index in [1.165, 1.54) is 0 Å². The van der Waals surface area contributed by atoms with Crippen LogP contribution in [0.25, 0.3) is 0 Å². The average molecular weight is 264 g/mol. The van der Waals surface area contributed by atoms with Gasteiger partial charge in [-0.2, -0.15) is 0 Å². The molecule has 0 saturated carbocycles. The molecule has 0 aliphatic carbocycles. The smallest absolute Gasteiger partial charge is 0.332 e. The van der Waals surface area contributed by atoms with Gasteiger partial charge < -0.3 is 9.94 Å². The highest BCUT2D eigenvalue weighted by Crippen LogP contribution is 2.16. The molecule has 2 rings (SSSR count). The highest BCUT2D eigenvalue weighted by molar-refractivity contribution is 6.03. The van der Waals surface area contributed by atoms with Crippen molar-refractivity contribution in [3.05, 3.63) is 35.9 Å². The second-order valence-corrected chi connectivity index (χ2v) is 3.85. The number of amides is 1. The van der Waals surface area contributed by atoms with E-state index >= 15 is 0 Å². The normalized spacial score (nSPS) is 17.5. The zero-order chi connectivity index (χ0) is 13.7. The van der Waals surface area contributed by atoms with Gasteiger partial charge in [-0.25, -0.2) is 10.3 Å². The van der Waals surface area contributed by atoms with Crippen molar-refractivity contribution in [1.29, 1.82) is 0 Å². The van der Waals surface area contributed by atoms with Crippen LogP contribution in [-0.4, -0.2) is 35.4 Å². The summed E-state index contributed by atoms with van der Waals surface area (Å²) in [6.45, 7) is -0.606. The van der Waals surface area contributed by atoms with Crippen molar-refractivity contribution in [1.82, 2.24) is 5.48 Å². The van der Waals surface area contributed by atoms with Crippen LogP contribution in [0.1, 0.15) is 12.0 Å². The highest BCUT2D eigenvalue weighted by atomic mass is 16.7. The number of aliphatic carboxylic acids is 1. The first-order valence-corrected chi connectivity index (χ1v) is 5.58. The molecule has 0 saturated heterocycles. The van der Waals surface area contributed by atoms with Crippen LogP contribution in [0.2, 0.25) is 0 Å². The molecule has 0 fully saturated rings. The molecule has 7 heteroatoms. The Labute approximate surface area is 108 Å². The van der Waals surface area contributed by atoms with E-state index in [0.717, 1.165) is 5.56 Å². The summed E-state index contributed by atoms with van der Waals surface area (Å²) < 4.78 is 0. The van der Waals surface area contributed by atoms with Gasteiger partial charge in [-0.1, -0.05) is 35.5 Å². The summed E-state index contributed by atoms with van der Waals surface area (Å²) in [4.78, 5) is 31.3. The van der Waals surface area contributed by atoms with Gasteiger partial charge in [0.25, 0.3) is 5.91 Å². The fourth-order valence-corrected chi connectivity index (χ4v) is 1.55. The number of hydrogen-bond donors (Lipinski definition) is 2.